The molecule has 3 atom stereocenters. The number of hydrogen-bond donors (Lipinski definition) is 1. The minimum Gasteiger partial charge on any atom is -0.372 e. The maximum Gasteiger partial charge on any atom is 0.0707 e. The fraction of sp³-hybridized carbons (Fsp3) is 0.667. The van der Waals surface area contributed by atoms with E-state index in [0.717, 1.165) is 26.2 Å². The molecule has 3 heteroatoms. The fourth-order valence-corrected chi connectivity index (χ4v) is 3.54. The topological polar surface area (TPSA) is 24.5 Å². The molecule has 3 nitrogen and oxygen atoms in total. The molecule has 0 saturated carbocycles. The highest BCUT2D eigenvalue weighted by Crippen LogP contribution is 2.31. The molecule has 2 aliphatic heterocycles. The van der Waals surface area contributed by atoms with Crippen LogP contribution in [-0.4, -0.2) is 43.3 Å². The molecular weight excluding hydrogens is 260 g/mol. The Morgan fingerprint density at radius 1 is 1.10 bits per heavy atom. The Hall–Kier alpha value is -0.900. The smallest absolute Gasteiger partial charge is 0.0707 e. The predicted octanol–water partition coefficient (Wildman–Crippen LogP) is 2.84. The van der Waals surface area contributed by atoms with E-state index < -0.39 is 0 Å². The highest BCUT2D eigenvalue weighted by atomic mass is 16.5. The Balaban J connectivity index is 1.69. The SMILES string of the molecule is CC(C)CNCC(c1ccccc1)N1CC2CCC(C1)O2. The lowest BCUT2D eigenvalue weighted by Crippen LogP contribution is -2.47. The van der Waals surface area contributed by atoms with Gasteiger partial charge in [-0.25, -0.2) is 0 Å². The number of rotatable bonds is 6. The first kappa shape index (κ1) is 15.0. The number of nitrogens with zero attached hydrogens (tertiary/aromatic N) is 1. The summed E-state index contributed by atoms with van der Waals surface area (Å²) in [5.41, 5.74) is 1.43. The molecule has 1 N–H and O–H groups in total. The molecule has 0 radical (unpaired) electrons. The van der Waals surface area contributed by atoms with Crippen LogP contribution in [0.1, 0.15) is 38.3 Å². The Morgan fingerprint density at radius 3 is 2.38 bits per heavy atom. The lowest BCUT2D eigenvalue weighted by atomic mass is 10.0. The van der Waals surface area contributed by atoms with Gasteiger partial charge < -0.3 is 10.1 Å². The van der Waals surface area contributed by atoms with Crippen LogP contribution in [0.2, 0.25) is 0 Å². The van der Waals surface area contributed by atoms with Gasteiger partial charge in [-0.2, -0.15) is 0 Å². The molecule has 2 fully saturated rings. The quantitative estimate of drug-likeness (QED) is 0.871. The van der Waals surface area contributed by atoms with Gasteiger partial charge in [0, 0.05) is 25.7 Å². The summed E-state index contributed by atoms with van der Waals surface area (Å²) in [6.45, 7) is 8.81. The summed E-state index contributed by atoms with van der Waals surface area (Å²) in [6.07, 6.45) is 3.39. The Labute approximate surface area is 128 Å². The van der Waals surface area contributed by atoms with Crippen LogP contribution in [0.15, 0.2) is 30.3 Å². The molecule has 3 rings (SSSR count). The second-order valence-corrected chi connectivity index (χ2v) is 6.89. The van der Waals surface area contributed by atoms with Gasteiger partial charge in [-0.3, -0.25) is 4.90 Å². The highest BCUT2D eigenvalue weighted by Gasteiger charge is 2.36. The average molecular weight is 288 g/mol. The van der Waals surface area contributed by atoms with Crippen LogP contribution in [-0.2, 0) is 4.74 Å². The zero-order chi connectivity index (χ0) is 14.7. The normalized spacial score (nSPS) is 27.2. The summed E-state index contributed by atoms with van der Waals surface area (Å²) in [6, 6.07) is 11.4. The van der Waals surface area contributed by atoms with E-state index in [1.165, 1.54) is 18.4 Å². The number of morpholine rings is 1. The van der Waals surface area contributed by atoms with Crippen molar-refractivity contribution in [2.24, 2.45) is 5.92 Å². The van der Waals surface area contributed by atoms with Gasteiger partial charge in [0.05, 0.1) is 12.2 Å². The molecule has 1 aromatic rings. The van der Waals surface area contributed by atoms with Crippen LogP contribution in [0, 0.1) is 5.92 Å². The van der Waals surface area contributed by atoms with E-state index in [2.05, 4.69) is 54.4 Å². The molecule has 0 aromatic heterocycles. The summed E-state index contributed by atoms with van der Waals surface area (Å²) >= 11 is 0. The number of benzene rings is 1. The molecule has 2 heterocycles. The molecule has 2 aliphatic rings. The van der Waals surface area contributed by atoms with E-state index in [9.17, 15) is 0 Å². The van der Waals surface area contributed by atoms with Crippen molar-refractivity contribution in [3.8, 4) is 0 Å². The predicted molar refractivity (Wildman–Crippen MR) is 86.4 cm³/mol. The van der Waals surface area contributed by atoms with Gasteiger partial charge in [0.15, 0.2) is 0 Å². The van der Waals surface area contributed by atoms with Crippen LogP contribution < -0.4 is 5.32 Å². The summed E-state index contributed by atoms with van der Waals surface area (Å²) in [5.74, 6) is 0.697. The minimum atomic E-state index is 0.458. The molecule has 0 spiro atoms. The highest BCUT2D eigenvalue weighted by molar-refractivity contribution is 5.20. The van der Waals surface area contributed by atoms with Gasteiger partial charge in [0.2, 0.25) is 0 Å². The molecule has 0 amide bonds. The molecule has 2 saturated heterocycles. The van der Waals surface area contributed by atoms with E-state index >= 15 is 0 Å². The molecule has 2 bridgehead atoms. The zero-order valence-corrected chi connectivity index (χ0v) is 13.3. The molecule has 21 heavy (non-hydrogen) atoms. The first-order valence-corrected chi connectivity index (χ1v) is 8.37. The van der Waals surface area contributed by atoms with Gasteiger partial charge in [-0.1, -0.05) is 44.2 Å². The van der Waals surface area contributed by atoms with Crippen molar-refractivity contribution in [1.82, 2.24) is 10.2 Å². The third kappa shape index (κ3) is 3.85. The maximum absolute atomic E-state index is 5.99. The van der Waals surface area contributed by atoms with E-state index in [1.807, 2.05) is 0 Å². The number of ether oxygens (including phenoxy) is 1. The van der Waals surface area contributed by atoms with Crippen molar-refractivity contribution >= 4 is 0 Å². The van der Waals surface area contributed by atoms with E-state index in [0.29, 0.717) is 24.2 Å². The minimum absolute atomic E-state index is 0.458. The van der Waals surface area contributed by atoms with Crippen molar-refractivity contribution in [2.45, 2.75) is 44.9 Å². The zero-order valence-electron chi connectivity index (χ0n) is 13.3. The number of likely N-dealkylation sites (tertiary alicyclic amines) is 1. The van der Waals surface area contributed by atoms with Gasteiger partial charge in [-0.05, 0) is 30.9 Å². The largest absolute Gasteiger partial charge is 0.372 e. The second kappa shape index (κ2) is 6.91. The van der Waals surface area contributed by atoms with Crippen molar-refractivity contribution in [3.05, 3.63) is 35.9 Å². The lowest BCUT2D eigenvalue weighted by Gasteiger charge is -2.38. The summed E-state index contributed by atoms with van der Waals surface area (Å²) in [7, 11) is 0. The second-order valence-electron chi connectivity index (χ2n) is 6.89. The Morgan fingerprint density at radius 2 is 1.76 bits per heavy atom. The first-order chi connectivity index (χ1) is 10.2. The molecule has 0 aliphatic carbocycles. The van der Waals surface area contributed by atoms with Gasteiger partial charge >= 0.3 is 0 Å². The van der Waals surface area contributed by atoms with E-state index in [1.54, 1.807) is 0 Å². The molecular formula is C18H28N2O. The number of fused-ring (bicyclic) bond motifs is 2. The Bertz CT molecular complexity index is 422. The van der Waals surface area contributed by atoms with Crippen molar-refractivity contribution in [1.29, 1.82) is 0 Å². The number of hydrogen-bond acceptors (Lipinski definition) is 3. The molecule has 1 aromatic carbocycles. The summed E-state index contributed by atoms with van der Waals surface area (Å²) in [5, 5.41) is 3.65. The van der Waals surface area contributed by atoms with Gasteiger partial charge in [0.25, 0.3) is 0 Å². The fourth-order valence-electron chi connectivity index (χ4n) is 3.54. The maximum atomic E-state index is 5.99. The van der Waals surface area contributed by atoms with E-state index in [4.69, 9.17) is 4.74 Å². The third-order valence-corrected chi connectivity index (χ3v) is 4.59. The summed E-state index contributed by atoms with van der Waals surface area (Å²) < 4.78 is 5.99. The molecule has 116 valence electrons. The van der Waals surface area contributed by atoms with Gasteiger partial charge in [0.1, 0.15) is 0 Å². The lowest BCUT2D eigenvalue weighted by molar-refractivity contribution is -0.0531. The van der Waals surface area contributed by atoms with Crippen molar-refractivity contribution in [2.75, 3.05) is 26.2 Å². The van der Waals surface area contributed by atoms with Crippen molar-refractivity contribution in [3.63, 3.8) is 0 Å². The summed E-state index contributed by atoms with van der Waals surface area (Å²) in [4.78, 5) is 2.63. The van der Waals surface area contributed by atoms with Crippen molar-refractivity contribution < 1.29 is 4.74 Å². The monoisotopic (exact) mass is 288 g/mol. The number of nitrogens with one attached hydrogen (secondary N) is 1. The van der Waals surface area contributed by atoms with Crippen LogP contribution in [0.3, 0.4) is 0 Å². The van der Waals surface area contributed by atoms with Crippen LogP contribution >= 0.6 is 0 Å². The van der Waals surface area contributed by atoms with E-state index in [-0.39, 0.29) is 0 Å². The van der Waals surface area contributed by atoms with Crippen LogP contribution in [0.25, 0.3) is 0 Å². The first-order valence-electron chi connectivity index (χ1n) is 8.37. The van der Waals surface area contributed by atoms with Crippen LogP contribution in [0.5, 0.6) is 0 Å². The van der Waals surface area contributed by atoms with Crippen LogP contribution in [0.4, 0.5) is 0 Å². The Kier molecular flexibility index (Phi) is 4.94. The average Bonchev–Trinajstić information content (AvgIpc) is 2.83. The third-order valence-electron chi connectivity index (χ3n) is 4.59. The molecule has 3 unspecified atom stereocenters. The van der Waals surface area contributed by atoms with Gasteiger partial charge in [-0.15, -0.1) is 0 Å². The standard InChI is InChI=1S/C18H28N2O/c1-14(2)10-19-11-18(15-6-4-3-5-7-15)20-12-16-8-9-17(13-20)21-16/h3-7,14,16-19H,8-13H2,1-2H3.